The van der Waals surface area contributed by atoms with Gasteiger partial charge in [-0.2, -0.15) is 31.6 Å². The Bertz CT molecular complexity index is 7060. The van der Waals surface area contributed by atoms with Crippen molar-refractivity contribution in [3.8, 4) is 105 Å². The molecular formula is C83H59N27O24S2. The Hall–Kier alpha value is -21.4. The molecule has 51 nitrogen and oxygen atoms in total. The van der Waals surface area contributed by atoms with Gasteiger partial charge in [-0.3, -0.25) is 85.6 Å². The van der Waals surface area contributed by atoms with Crippen LogP contribution in [0.3, 0.4) is 0 Å². The summed E-state index contributed by atoms with van der Waals surface area (Å²) in [6.45, 7) is 0. The summed E-state index contributed by atoms with van der Waals surface area (Å²) < 4.78 is 10.7. The fourth-order valence-corrected chi connectivity index (χ4v) is 12.8. The highest BCUT2D eigenvalue weighted by Gasteiger charge is 2.30. The van der Waals surface area contributed by atoms with Crippen molar-refractivity contribution in [3.63, 3.8) is 0 Å². The molecule has 136 heavy (non-hydrogen) atoms. The molecule has 682 valence electrons. The van der Waals surface area contributed by atoms with Gasteiger partial charge in [-0.1, -0.05) is 18.2 Å². The SMILES string of the molecule is COc1cc(/C(N)=C(\C#N)c2ccccn2)cc([N+](=O)[O-])c1O.COc1cc(/C(N)=C(\C#N)c2cnccn2)cc([N+](=O)[O-])c1O.N#C/C(=C(/N)c1cc(O)c(O)c([N+](=O)[O-])c1)c1ccncn1.N#C/C(=C(/N)c1cc(O)c(O)c([N+](=O)[O-])c1)c1cnccn1.N#C/C(=C(/N)c1cc(O)c(O)c([N+](=O)[O-])c1)c1nc2ccccc2s1.N#C/C(=C(/N)c1cc(O)c(O)c([N+](=O)[O-])c1)c1nccs1. The van der Waals surface area contributed by atoms with Gasteiger partial charge in [-0.05, 0) is 66.7 Å². The highest BCUT2D eigenvalue weighted by atomic mass is 32.1. The van der Waals surface area contributed by atoms with Crippen molar-refractivity contribution in [1.29, 1.82) is 31.6 Å². The Morgan fingerprint density at radius 3 is 0.949 bits per heavy atom. The topological polar surface area (TPSA) is 894 Å². The Labute approximate surface area is 767 Å². The lowest BCUT2D eigenvalue weighted by molar-refractivity contribution is -0.386. The number of allylic oxidation sites excluding steroid dienone is 6. The smallest absolute Gasteiger partial charge is 0.315 e. The number of para-hydroxylation sites is 1. The monoisotopic (exact) mass is 1880 g/mol. The number of nitrogens with two attached hydrogens (primary N) is 6. The van der Waals surface area contributed by atoms with E-state index in [1.54, 1.807) is 29.6 Å². The molecule has 0 aliphatic heterocycles. The lowest BCUT2D eigenvalue weighted by Gasteiger charge is -2.09. The lowest BCUT2D eigenvalue weighted by Crippen LogP contribution is -2.04. The number of nitriles is 6. The number of benzene rings is 7. The Morgan fingerprint density at radius 1 is 0.338 bits per heavy atom. The second kappa shape index (κ2) is 45.2. The van der Waals surface area contributed by atoms with Crippen LogP contribution in [0.5, 0.6) is 69.0 Å². The van der Waals surface area contributed by atoms with Crippen molar-refractivity contribution in [2.75, 3.05) is 14.2 Å². The van der Waals surface area contributed by atoms with Crippen LogP contribution in [0.4, 0.5) is 34.1 Å². The third kappa shape index (κ3) is 23.5. The number of pyridine rings is 1. The summed E-state index contributed by atoms with van der Waals surface area (Å²) in [7, 11) is 2.50. The summed E-state index contributed by atoms with van der Waals surface area (Å²) in [5.74, 6) is -7.77. The normalized spacial score (nSPS) is 11.5. The van der Waals surface area contributed by atoms with Gasteiger partial charge in [0.25, 0.3) is 0 Å². The van der Waals surface area contributed by atoms with Crippen LogP contribution in [0.1, 0.15) is 66.2 Å². The van der Waals surface area contributed by atoms with Crippen molar-refractivity contribution in [2.45, 2.75) is 0 Å². The van der Waals surface area contributed by atoms with Gasteiger partial charge in [0, 0.05) is 119 Å². The predicted octanol–water partition coefficient (Wildman–Crippen LogP) is 10.6. The molecule has 22 N–H and O–H groups in total. The number of rotatable bonds is 20. The largest absolute Gasteiger partial charge is 0.504 e. The number of fused-ring (bicyclic) bond motifs is 1. The lowest BCUT2D eigenvalue weighted by atomic mass is 10.0. The van der Waals surface area contributed by atoms with Gasteiger partial charge in [0.05, 0.1) is 112 Å². The van der Waals surface area contributed by atoms with Crippen LogP contribution in [0.2, 0.25) is 0 Å². The summed E-state index contributed by atoms with van der Waals surface area (Å²) in [6, 6.07) is 37.8. The van der Waals surface area contributed by atoms with Crippen LogP contribution in [-0.2, 0) is 0 Å². The molecule has 53 heteroatoms. The van der Waals surface area contributed by atoms with Crippen molar-refractivity contribution >= 4 is 135 Å². The van der Waals surface area contributed by atoms with Crippen LogP contribution in [0.15, 0.2) is 189 Å². The first kappa shape index (κ1) is 100. The van der Waals surface area contributed by atoms with Crippen LogP contribution in [0.25, 0.3) is 77.8 Å². The number of phenolic OH excluding ortho intramolecular Hbond substituents is 10. The molecule has 0 bridgehead atoms. The quantitative estimate of drug-likeness (QED) is 0.0146. The number of aromatic hydroxyl groups is 10. The van der Waals surface area contributed by atoms with Crippen molar-refractivity contribution in [3.05, 3.63) is 316 Å². The third-order valence-electron chi connectivity index (χ3n) is 17.7. The molecule has 0 atom stereocenters. The van der Waals surface area contributed by atoms with Crippen LogP contribution in [0, 0.1) is 129 Å². The van der Waals surface area contributed by atoms with E-state index < -0.39 is 121 Å². The maximum absolute atomic E-state index is 11.0. The average Bonchev–Trinajstić information content (AvgIpc) is 1.63. The minimum Gasteiger partial charge on any atom is -0.504 e. The van der Waals surface area contributed by atoms with E-state index >= 15 is 0 Å². The molecule has 0 radical (unpaired) electrons. The number of aromatic nitrogens is 9. The standard InChI is InChI=1S/C16H10N4O4S.C15H12N4O4.C14H11N5O4.2C13H9N5O4.C12H8N4O4S/c17-7-9(16-19-10-3-1-2-4-13(10)25-16)14(18)8-5-11(20(23)24)15(22)12(21)6-8;1-23-13-7-9(6-12(15(13)20)19(21)22)14(17)10(8-16)11-4-2-3-5-18-11;1-23-12-5-8(4-11(14(12)20)19(21)22)13(16)9(6-15)10-7-17-2-3-18-10;14-5-8(9-6-16-1-2-17-9)12(15)7-3-10(18(21)22)13(20)11(19)4-7;14-5-8(9-1-2-16-6-17-9)12(15)7-3-10(18(21)22)13(20)11(19)4-7;13-5-7(12-15-1-2-21-12)10(14)6-3-8(16(19)20)11(18)9(17)4-6/h1-6,21-22H,18H2;2-7,20H,17H2,1H3;2-5,7,20H,16H2,1H3;2*1-4,6,19-20H,15H2;1-4,17-18H,14H2/b14-9-;14-10-;13-9-;2*12-8-;10-7-. The summed E-state index contributed by atoms with van der Waals surface area (Å²) >= 11 is 2.43. The van der Waals surface area contributed by atoms with E-state index in [9.17, 15) is 138 Å². The number of hydrogen-bond acceptors (Lipinski definition) is 47. The molecule has 0 amide bonds. The first-order chi connectivity index (χ1) is 64.8. The molecular weight excluding hydrogens is 1820 g/mol. The van der Waals surface area contributed by atoms with Gasteiger partial charge in [-0.25, -0.2) is 19.9 Å². The van der Waals surface area contributed by atoms with E-state index in [-0.39, 0.29) is 130 Å². The second-order valence-corrected chi connectivity index (χ2v) is 27.7. The number of methoxy groups -OCH3 is 2. The number of nitrogens with zero attached hydrogens (tertiary/aromatic N) is 21. The predicted molar refractivity (Wildman–Crippen MR) is 480 cm³/mol. The summed E-state index contributed by atoms with van der Waals surface area (Å²) in [6.07, 6.45) is 13.9. The average molecular weight is 1880 g/mol. The zero-order chi connectivity index (χ0) is 100. The van der Waals surface area contributed by atoms with E-state index in [0.717, 1.165) is 65.4 Å². The maximum Gasteiger partial charge on any atom is 0.315 e. The second-order valence-electron chi connectivity index (χ2n) is 25.8. The van der Waals surface area contributed by atoms with Gasteiger partial charge in [0.1, 0.15) is 97.6 Å². The summed E-state index contributed by atoms with van der Waals surface area (Å²) in [5, 5.41) is 219. The van der Waals surface area contributed by atoms with E-state index in [4.69, 9.17) is 49.1 Å². The number of hydrogen-bond donors (Lipinski definition) is 16. The minimum absolute atomic E-state index is 0.000130. The highest BCUT2D eigenvalue weighted by Crippen LogP contribution is 2.46. The van der Waals surface area contributed by atoms with E-state index in [2.05, 4.69) is 44.9 Å². The van der Waals surface area contributed by atoms with Gasteiger partial charge >= 0.3 is 34.1 Å². The molecule has 13 aromatic rings. The molecule has 0 unspecified atom stereocenters. The minimum atomic E-state index is -0.875. The van der Waals surface area contributed by atoms with Gasteiger partial charge in [0.2, 0.25) is 34.5 Å². The molecule has 0 fully saturated rings. The summed E-state index contributed by atoms with van der Waals surface area (Å²) in [4.78, 5) is 96.0. The Balaban J connectivity index is 0.000000201. The first-order valence-corrected chi connectivity index (χ1v) is 38.3. The number of nitro benzene ring substituents is 6. The van der Waals surface area contributed by atoms with Gasteiger partial charge in [-0.15, -0.1) is 22.7 Å². The van der Waals surface area contributed by atoms with Crippen molar-refractivity contribution in [2.24, 2.45) is 34.4 Å². The Kier molecular flexibility index (Phi) is 33.2. The van der Waals surface area contributed by atoms with Crippen molar-refractivity contribution in [1.82, 2.24) is 44.9 Å². The van der Waals surface area contributed by atoms with Crippen LogP contribution < -0.4 is 43.9 Å². The third-order valence-corrected chi connectivity index (χ3v) is 19.6. The van der Waals surface area contributed by atoms with E-state index in [1.165, 1.54) is 117 Å². The van der Waals surface area contributed by atoms with Crippen LogP contribution >= 0.6 is 22.7 Å². The molecule has 0 saturated carbocycles. The number of thiazole rings is 2. The number of nitro groups is 6. The molecule has 6 aromatic heterocycles. The fourth-order valence-electron chi connectivity index (χ4n) is 11.1. The molecule has 7 aromatic carbocycles. The maximum atomic E-state index is 11.0. The van der Waals surface area contributed by atoms with E-state index in [0.29, 0.717) is 21.2 Å². The molecule has 0 spiro atoms. The molecule has 6 heterocycles. The van der Waals surface area contributed by atoms with Crippen molar-refractivity contribution < 1.29 is 90.1 Å². The first-order valence-electron chi connectivity index (χ1n) is 36.6. The molecule has 0 aliphatic rings. The Morgan fingerprint density at radius 2 is 0.654 bits per heavy atom. The van der Waals surface area contributed by atoms with Crippen LogP contribution in [-0.4, -0.2) is 140 Å². The van der Waals surface area contributed by atoms with Gasteiger partial charge in [0.15, 0.2) is 34.5 Å². The fraction of sp³-hybridized carbons (Fsp3) is 0.0241. The summed E-state index contributed by atoms with van der Waals surface area (Å²) in [5.41, 5.74) is 33.1. The highest BCUT2D eigenvalue weighted by molar-refractivity contribution is 7.19. The molecule has 13 rings (SSSR count). The van der Waals surface area contributed by atoms with Gasteiger partial charge < -0.3 is 94.9 Å². The molecule has 0 aliphatic carbocycles. The zero-order valence-electron chi connectivity index (χ0n) is 68.8. The number of ether oxygens (including phenoxy) is 2. The number of phenols is 10. The zero-order valence-corrected chi connectivity index (χ0v) is 70.4. The van der Waals surface area contributed by atoms with E-state index in [1.807, 2.05) is 54.6 Å². The molecule has 0 saturated heterocycles.